The minimum Gasteiger partial charge on any atom is -0.497 e. The van der Waals surface area contributed by atoms with Crippen molar-refractivity contribution < 1.29 is 27.4 Å². The molecule has 5 nitrogen and oxygen atoms in total. The number of anilines is 2. The monoisotopic (exact) mass is 480 g/mol. The van der Waals surface area contributed by atoms with E-state index in [2.05, 4.69) is 15.4 Å². The molecule has 0 radical (unpaired) electrons. The van der Waals surface area contributed by atoms with Crippen LogP contribution in [0.2, 0.25) is 0 Å². The van der Waals surface area contributed by atoms with Crippen LogP contribution in [-0.4, -0.2) is 19.3 Å². The molecule has 1 aliphatic heterocycles. The van der Waals surface area contributed by atoms with Crippen molar-refractivity contribution in [3.63, 3.8) is 0 Å². The summed E-state index contributed by atoms with van der Waals surface area (Å²) in [6, 6.07) is 20.5. The van der Waals surface area contributed by atoms with E-state index in [4.69, 9.17) is 4.74 Å². The van der Waals surface area contributed by atoms with Gasteiger partial charge < -0.3 is 20.1 Å². The van der Waals surface area contributed by atoms with E-state index in [9.17, 15) is 18.0 Å². The van der Waals surface area contributed by atoms with Crippen LogP contribution in [0, 0.1) is 0 Å². The Bertz CT molecular complexity index is 1270. The maximum absolute atomic E-state index is 13.5. The van der Waals surface area contributed by atoms with E-state index in [0.29, 0.717) is 24.0 Å². The van der Waals surface area contributed by atoms with Gasteiger partial charge in [0.15, 0.2) is 5.78 Å². The first-order valence-electron chi connectivity index (χ1n) is 11.2. The fraction of sp³-hybridized carbons (Fsp3) is 0.222. The minimum atomic E-state index is -4.77. The second-order valence-electron chi connectivity index (χ2n) is 8.56. The van der Waals surface area contributed by atoms with E-state index >= 15 is 0 Å². The van der Waals surface area contributed by atoms with Gasteiger partial charge in [0.2, 0.25) is 0 Å². The van der Waals surface area contributed by atoms with E-state index in [1.165, 1.54) is 12.1 Å². The average molecular weight is 480 g/mol. The normalized spacial score (nSPS) is 19.6. The fourth-order valence-corrected chi connectivity index (χ4v) is 4.72. The Hall–Kier alpha value is -3.94. The molecule has 0 unspecified atom stereocenters. The van der Waals surface area contributed by atoms with Crippen molar-refractivity contribution in [3.8, 4) is 11.5 Å². The molecule has 1 aliphatic carbocycles. The van der Waals surface area contributed by atoms with E-state index in [1.54, 1.807) is 19.2 Å². The first-order chi connectivity index (χ1) is 16.8. The number of ketones is 1. The number of carbonyl (C=O) groups excluding carboxylic acids is 1. The van der Waals surface area contributed by atoms with Gasteiger partial charge in [-0.15, -0.1) is 13.2 Å². The predicted molar refractivity (Wildman–Crippen MR) is 127 cm³/mol. The lowest BCUT2D eigenvalue weighted by molar-refractivity contribution is -0.274. The SMILES string of the molecule is COc1ccc([C@H]2CC(=O)C3=C(C2)Nc2ccccc2N[C@H]3c2ccc(OC(F)(F)F)cc2)cc1. The largest absolute Gasteiger partial charge is 0.573 e. The summed E-state index contributed by atoms with van der Waals surface area (Å²) >= 11 is 0. The van der Waals surface area contributed by atoms with Gasteiger partial charge in [-0.25, -0.2) is 0 Å². The predicted octanol–water partition coefficient (Wildman–Crippen LogP) is 6.57. The number of fused-ring (bicyclic) bond motifs is 1. The van der Waals surface area contributed by atoms with Gasteiger partial charge in [-0.3, -0.25) is 4.79 Å². The van der Waals surface area contributed by atoms with Crippen molar-refractivity contribution in [2.75, 3.05) is 17.7 Å². The summed E-state index contributed by atoms with van der Waals surface area (Å²) < 4.78 is 47.1. The molecular formula is C27H23F3N2O3. The van der Waals surface area contributed by atoms with E-state index < -0.39 is 12.4 Å². The van der Waals surface area contributed by atoms with E-state index in [0.717, 1.165) is 28.4 Å². The molecule has 5 rings (SSSR count). The Balaban J connectivity index is 1.52. The first kappa shape index (κ1) is 22.8. The minimum absolute atomic E-state index is 0.00636. The molecule has 8 heteroatoms. The Morgan fingerprint density at radius 3 is 2.11 bits per heavy atom. The number of para-hydroxylation sites is 2. The Kier molecular flexibility index (Phi) is 5.88. The van der Waals surface area contributed by atoms with Crippen LogP contribution in [0.5, 0.6) is 11.5 Å². The summed E-state index contributed by atoms with van der Waals surface area (Å²) in [5.74, 6) is 0.422. The quantitative estimate of drug-likeness (QED) is 0.442. The van der Waals surface area contributed by atoms with Gasteiger partial charge in [0.1, 0.15) is 11.5 Å². The van der Waals surface area contributed by atoms with Crippen LogP contribution in [0.25, 0.3) is 0 Å². The van der Waals surface area contributed by atoms with Gasteiger partial charge in [0.25, 0.3) is 0 Å². The lowest BCUT2D eigenvalue weighted by atomic mass is 9.78. The molecule has 2 atom stereocenters. The molecule has 0 saturated heterocycles. The molecule has 3 aromatic carbocycles. The Labute approximate surface area is 200 Å². The zero-order valence-electron chi connectivity index (χ0n) is 18.9. The molecule has 0 fully saturated rings. The molecule has 180 valence electrons. The summed E-state index contributed by atoms with van der Waals surface area (Å²) in [5.41, 5.74) is 4.75. The number of carbonyl (C=O) groups is 1. The van der Waals surface area contributed by atoms with Crippen LogP contribution in [0.15, 0.2) is 84.1 Å². The number of ether oxygens (including phenoxy) is 2. The first-order valence-corrected chi connectivity index (χ1v) is 11.2. The molecule has 3 aromatic rings. The van der Waals surface area contributed by atoms with Crippen LogP contribution >= 0.6 is 0 Å². The Morgan fingerprint density at radius 1 is 0.829 bits per heavy atom. The molecule has 0 aromatic heterocycles. The molecule has 0 spiro atoms. The Morgan fingerprint density at radius 2 is 1.46 bits per heavy atom. The summed E-state index contributed by atoms with van der Waals surface area (Å²) in [6.45, 7) is 0. The zero-order valence-corrected chi connectivity index (χ0v) is 18.9. The number of hydrogen-bond acceptors (Lipinski definition) is 5. The van der Waals surface area contributed by atoms with Crippen molar-refractivity contribution in [2.45, 2.75) is 31.2 Å². The molecule has 2 aliphatic rings. The number of halogens is 3. The highest BCUT2D eigenvalue weighted by atomic mass is 19.4. The van der Waals surface area contributed by atoms with Crippen LogP contribution in [0.1, 0.15) is 35.9 Å². The van der Waals surface area contributed by atoms with Crippen LogP contribution in [-0.2, 0) is 4.79 Å². The van der Waals surface area contributed by atoms with Crippen LogP contribution in [0.3, 0.4) is 0 Å². The second-order valence-corrected chi connectivity index (χ2v) is 8.56. The van der Waals surface area contributed by atoms with Crippen molar-refractivity contribution >= 4 is 17.2 Å². The van der Waals surface area contributed by atoms with E-state index in [-0.39, 0.29) is 17.5 Å². The van der Waals surface area contributed by atoms with Crippen LogP contribution in [0.4, 0.5) is 24.5 Å². The molecule has 0 amide bonds. The number of alkyl halides is 3. The van der Waals surface area contributed by atoms with Crippen LogP contribution < -0.4 is 20.1 Å². The molecule has 35 heavy (non-hydrogen) atoms. The van der Waals surface area contributed by atoms with Gasteiger partial charge in [-0.05, 0) is 59.9 Å². The third-order valence-corrected chi connectivity index (χ3v) is 6.34. The third kappa shape index (κ3) is 4.82. The second kappa shape index (κ2) is 9.02. The number of Topliss-reactive ketones (excluding diaryl/α,β-unsaturated/α-hetero) is 1. The van der Waals surface area contributed by atoms with Crippen molar-refractivity contribution in [1.82, 2.24) is 0 Å². The number of rotatable bonds is 4. The van der Waals surface area contributed by atoms with Gasteiger partial charge in [-0.1, -0.05) is 36.4 Å². The highest BCUT2D eigenvalue weighted by molar-refractivity contribution is 6.01. The molecule has 0 saturated carbocycles. The maximum Gasteiger partial charge on any atom is 0.573 e. The molecular weight excluding hydrogens is 457 g/mol. The number of methoxy groups -OCH3 is 1. The molecule has 0 bridgehead atoms. The highest BCUT2D eigenvalue weighted by Crippen LogP contribution is 2.44. The number of nitrogens with one attached hydrogen (secondary N) is 2. The summed E-state index contributed by atoms with van der Waals surface area (Å²) in [5, 5.41) is 6.88. The average Bonchev–Trinajstić information content (AvgIpc) is 3.00. The van der Waals surface area contributed by atoms with Gasteiger partial charge in [-0.2, -0.15) is 0 Å². The fourth-order valence-electron chi connectivity index (χ4n) is 4.72. The molecule has 1 heterocycles. The standard InChI is InChI=1S/C27H23F3N2O3/c1-34-19-10-6-16(7-11-19)18-14-23-25(24(33)15-18)26(32-22-5-3-2-4-21(22)31-23)17-8-12-20(13-9-17)35-27(28,29)30/h2-13,18,26,31-32H,14-15H2,1H3/t18-,26+/m1/s1. The zero-order chi connectivity index (χ0) is 24.6. The summed E-state index contributed by atoms with van der Waals surface area (Å²) in [7, 11) is 1.61. The van der Waals surface area contributed by atoms with Gasteiger partial charge >= 0.3 is 6.36 Å². The van der Waals surface area contributed by atoms with Gasteiger partial charge in [0, 0.05) is 17.7 Å². The third-order valence-electron chi connectivity index (χ3n) is 6.34. The molecule has 2 N–H and O–H groups in total. The van der Waals surface area contributed by atoms with Gasteiger partial charge in [0.05, 0.1) is 24.5 Å². The number of hydrogen-bond donors (Lipinski definition) is 2. The number of allylic oxidation sites excluding steroid dienone is 1. The van der Waals surface area contributed by atoms with E-state index in [1.807, 2.05) is 48.5 Å². The number of benzene rings is 3. The van der Waals surface area contributed by atoms with Crippen molar-refractivity contribution in [1.29, 1.82) is 0 Å². The lowest BCUT2D eigenvalue weighted by Gasteiger charge is -2.30. The summed E-state index contributed by atoms with van der Waals surface area (Å²) in [4.78, 5) is 13.5. The smallest absolute Gasteiger partial charge is 0.497 e. The lowest BCUT2D eigenvalue weighted by Crippen LogP contribution is -2.26. The van der Waals surface area contributed by atoms with Crippen molar-refractivity contribution in [3.05, 3.63) is 95.2 Å². The topological polar surface area (TPSA) is 59.6 Å². The maximum atomic E-state index is 13.5. The highest BCUT2D eigenvalue weighted by Gasteiger charge is 2.36. The summed E-state index contributed by atoms with van der Waals surface area (Å²) in [6.07, 6.45) is -3.82. The van der Waals surface area contributed by atoms with Crippen molar-refractivity contribution in [2.24, 2.45) is 0 Å².